The van der Waals surface area contributed by atoms with Crippen LogP contribution in [0.2, 0.25) is 0 Å². The predicted octanol–water partition coefficient (Wildman–Crippen LogP) is 3.69. The molecule has 1 saturated carbocycles. The van der Waals surface area contributed by atoms with E-state index in [2.05, 4.69) is 12.2 Å². The molecule has 2 amide bonds. The molecule has 0 aliphatic heterocycles. The first-order chi connectivity index (χ1) is 10.5. The van der Waals surface area contributed by atoms with Gasteiger partial charge in [0.25, 0.3) is 5.91 Å². The summed E-state index contributed by atoms with van der Waals surface area (Å²) in [5.74, 6) is 0.763. The number of benzene rings is 1. The molecule has 1 aromatic carbocycles. The third-order valence-corrected chi connectivity index (χ3v) is 4.57. The molecule has 0 atom stereocenters. The molecule has 1 aromatic rings. The van der Waals surface area contributed by atoms with Crippen LogP contribution < -0.4 is 5.32 Å². The largest absolute Gasteiger partial charge is 0.339 e. The minimum absolute atomic E-state index is 0.0344. The van der Waals surface area contributed by atoms with Crippen molar-refractivity contribution in [1.29, 1.82) is 0 Å². The van der Waals surface area contributed by atoms with Crippen LogP contribution >= 0.6 is 0 Å². The Kier molecular flexibility index (Phi) is 5.58. The Morgan fingerprint density at radius 1 is 1.23 bits per heavy atom. The molecule has 1 aliphatic rings. The Morgan fingerprint density at radius 2 is 1.91 bits per heavy atom. The second-order valence-electron chi connectivity index (χ2n) is 6.31. The zero-order valence-electron chi connectivity index (χ0n) is 13.8. The number of nitrogens with one attached hydrogen (secondary N) is 1. The number of anilines is 1. The lowest BCUT2D eigenvalue weighted by Gasteiger charge is -2.33. The summed E-state index contributed by atoms with van der Waals surface area (Å²) in [6.45, 7) is 4.08. The maximum atomic E-state index is 12.6. The van der Waals surface area contributed by atoms with E-state index in [0.717, 1.165) is 18.8 Å². The van der Waals surface area contributed by atoms with Gasteiger partial charge in [-0.2, -0.15) is 0 Å². The number of hydrogen-bond acceptors (Lipinski definition) is 2. The van der Waals surface area contributed by atoms with E-state index in [1.54, 1.807) is 6.07 Å². The van der Waals surface area contributed by atoms with Crippen molar-refractivity contribution < 1.29 is 9.59 Å². The van der Waals surface area contributed by atoms with Crippen molar-refractivity contribution in [3.63, 3.8) is 0 Å². The van der Waals surface area contributed by atoms with Crippen LogP contribution in [-0.2, 0) is 4.79 Å². The standard InChI is InChI=1S/C18H26N2O2/c1-4-17(21)19-15-7-5-6-14(12-15)18(22)20(3)16-10-8-13(2)9-11-16/h5-7,12-13,16H,4,8-11H2,1-3H3,(H,19,21). The maximum Gasteiger partial charge on any atom is 0.253 e. The summed E-state index contributed by atoms with van der Waals surface area (Å²) in [7, 11) is 1.89. The van der Waals surface area contributed by atoms with Gasteiger partial charge in [0.15, 0.2) is 0 Å². The first kappa shape index (κ1) is 16.5. The lowest BCUT2D eigenvalue weighted by molar-refractivity contribution is -0.115. The van der Waals surface area contributed by atoms with Crippen LogP contribution in [0.25, 0.3) is 0 Å². The van der Waals surface area contributed by atoms with E-state index in [1.807, 2.05) is 37.1 Å². The number of carbonyl (C=O) groups is 2. The Hall–Kier alpha value is -1.84. The number of nitrogens with zero attached hydrogens (tertiary/aromatic N) is 1. The summed E-state index contributed by atoms with van der Waals surface area (Å²) in [6, 6.07) is 7.53. The smallest absolute Gasteiger partial charge is 0.253 e. The summed E-state index contributed by atoms with van der Waals surface area (Å²) < 4.78 is 0. The molecular formula is C18H26N2O2. The Morgan fingerprint density at radius 3 is 2.55 bits per heavy atom. The normalized spacial score (nSPS) is 21.2. The molecule has 0 unspecified atom stereocenters. The first-order valence-corrected chi connectivity index (χ1v) is 8.18. The van der Waals surface area contributed by atoms with Gasteiger partial charge in [-0.3, -0.25) is 9.59 Å². The Balaban J connectivity index is 2.05. The molecular weight excluding hydrogens is 276 g/mol. The Bertz CT molecular complexity index is 534. The van der Waals surface area contributed by atoms with Gasteiger partial charge in [0.2, 0.25) is 5.91 Å². The van der Waals surface area contributed by atoms with Crippen molar-refractivity contribution in [2.75, 3.05) is 12.4 Å². The lowest BCUT2D eigenvalue weighted by Crippen LogP contribution is -2.39. The van der Waals surface area contributed by atoms with E-state index < -0.39 is 0 Å². The molecule has 0 radical (unpaired) electrons. The predicted molar refractivity (Wildman–Crippen MR) is 88.9 cm³/mol. The molecule has 4 nitrogen and oxygen atoms in total. The van der Waals surface area contributed by atoms with Crippen LogP contribution in [0.15, 0.2) is 24.3 Å². The lowest BCUT2D eigenvalue weighted by atomic mass is 9.86. The highest BCUT2D eigenvalue weighted by Gasteiger charge is 2.25. The van der Waals surface area contributed by atoms with Gasteiger partial charge in [-0.1, -0.05) is 19.9 Å². The highest BCUT2D eigenvalue weighted by atomic mass is 16.2. The summed E-state index contributed by atoms with van der Waals surface area (Å²) in [6.07, 6.45) is 4.97. The average Bonchev–Trinajstić information content (AvgIpc) is 2.54. The van der Waals surface area contributed by atoms with E-state index in [-0.39, 0.29) is 11.8 Å². The molecule has 2 rings (SSSR count). The molecule has 4 heteroatoms. The Labute approximate surface area is 132 Å². The monoisotopic (exact) mass is 302 g/mol. The molecule has 1 fully saturated rings. The van der Waals surface area contributed by atoms with Crippen LogP contribution in [0.5, 0.6) is 0 Å². The van der Waals surface area contributed by atoms with Gasteiger partial charge in [0.05, 0.1) is 0 Å². The third kappa shape index (κ3) is 4.09. The molecule has 0 heterocycles. The molecule has 22 heavy (non-hydrogen) atoms. The van der Waals surface area contributed by atoms with Crippen LogP contribution in [0.1, 0.15) is 56.3 Å². The van der Waals surface area contributed by atoms with Crippen molar-refractivity contribution in [1.82, 2.24) is 4.90 Å². The van der Waals surface area contributed by atoms with E-state index in [9.17, 15) is 9.59 Å². The van der Waals surface area contributed by atoms with Crippen LogP contribution in [-0.4, -0.2) is 29.8 Å². The first-order valence-electron chi connectivity index (χ1n) is 8.18. The fourth-order valence-corrected chi connectivity index (χ4v) is 2.98. The average molecular weight is 302 g/mol. The van der Waals surface area contributed by atoms with E-state index in [4.69, 9.17) is 0 Å². The summed E-state index contributed by atoms with van der Waals surface area (Å²) in [5.41, 5.74) is 1.32. The van der Waals surface area contributed by atoms with Gasteiger partial charge in [0.1, 0.15) is 0 Å². The molecule has 0 saturated heterocycles. The van der Waals surface area contributed by atoms with E-state index in [1.165, 1.54) is 12.8 Å². The van der Waals surface area contributed by atoms with Crippen molar-refractivity contribution in [3.05, 3.63) is 29.8 Å². The van der Waals surface area contributed by atoms with Crippen LogP contribution in [0, 0.1) is 5.92 Å². The molecule has 1 aliphatic carbocycles. The minimum atomic E-state index is -0.0424. The van der Waals surface area contributed by atoms with Crippen molar-refractivity contribution in [2.24, 2.45) is 5.92 Å². The van der Waals surface area contributed by atoms with Crippen molar-refractivity contribution in [2.45, 2.75) is 52.0 Å². The van der Waals surface area contributed by atoms with Gasteiger partial charge >= 0.3 is 0 Å². The molecule has 120 valence electrons. The molecule has 0 spiro atoms. The summed E-state index contributed by atoms with van der Waals surface area (Å²) >= 11 is 0. The second-order valence-corrected chi connectivity index (χ2v) is 6.31. The van der Waals surface area contributed by atoms with Gasteiger partial charge in [-0.05, 0) is 49.8 Å². The highest BCUT2D eigenvalue weighted by molar-refractivity contribution is 5.97. The van der Waals surface area contributed by atoms with E-state index >= 15 is 0 Å². The van der Waals surface area contributed by atoms with Crippen LogP contribution in [0.3, 0.4) is 0 Å². The fraction of sp³-hybridized carbons (Fsp3) is 0.556. The molecule has 0 aromatic heterocycles. The topological polar surface area (TPSA) is 49.4 Å². The number of carbonyl (C=O) groups excluding carboxylic acids is 2. The van der Waals surface area contributed by atoms with Crippen molar-refractivity contribution in [3.8, 4) is 0 Å². The van der Waals surface area contributed by atoms with Crippen molar-refractivity contribution >= 4 is 17.5 Å². The highest BCUT2D eigenvalue weighted by Crippen LogP contribution is 2.27. The fourth-order valence-electron chi connectivity index (χ4n) is 2.98. The number of hydrogen-bond donors (Lipinski definition) is 1. The molecule has 0 bridgehead atoms. The summed E-state index contributed by atoms with van der Waals surface area (Å²) in [5, 5.41) is 2.80. The third-order valence-electron chi connectivity index (χ3n) is 4.57. The van der Waals surface area contributed by atoms with Gasteiger partial charge < -0.3 is 10.2 Å². The maximum absolute atomic E-state index is 12.6. The van der Waals surface area contributed by atoms with Gasteiger partial charge in [-0.15, -0.1) is 0 Å². The second kappa shape index (κ2) is 7.43. The zero-order valence-corrected chi connectivity index (χ0v) is 13.8. The number of rotatable bonds is 4. The van der Waals surface area contributed by atoms with Crippen LogP contribution in [0.4, 0.5) is 5.69 Å². The minimum Gasteiger partial charge on any atom is -0.339 e. The zero-order chi connectivity index (χ0) is 16.1. The quantitative estimate of drug-likeness (QED) is 0.922. The van der Waals surface area contributed by atoms with Gasteiger partial charge in [-0.25, -0.2) is 0 Å². The SMILES string of the molecule is CCC(=O)Nc1cccc(C(=O)N(C)C2CCC(C)CC2)c1. The molecule has 1 N–H and O–H groups in total. The summed E-state index contributed by atoms with van der Waals surface area (Å²) in [4.78, 5) is 26.0. The van der Waals surface area contributed by atoms with Gasteiger partial charge in [0, 0.05) is 30.8 Å². The number of amides is 2. The van der Waals surface area contributed by atoms with E-state index in [0.29, 0.717) is 23.7 Å².